The van der Waals surface area contributed by atoms with E-state index in [0.717, 1.165) is 23.6 Å². The van der Waals surface area contributed by atoms with E-state index in [0.29, 0.717) is 0 Å². The first-order valence-corrected chi connectivity index (χ1v) is 7.67. The Morgan fingerprint density at radius 1 is 1.55 bits per heavy atom. The number of fused-ring (bicyclic) bond motifs is 1. The van der Waals surface area contributed by atoms with Crippen LogP contribution in [0.1, 0.15) is 18.5 Å². The third-order valence-corrected chi connectivity index (χ3v) is 4.56. The predicted octanol–water partition coefficient (Wildman–Crippen LogP) is 1.96. The number of benzene rings is 1. The van der Waals surface area contributed by atoms with Crippen molar-refractivity contribution in [2.75, 3.05) is 5.75 Å². The first-order valence-electron chi connectivity index (χ1n) is 6.68. The van der Waals surface area contributed by atoms with Crippen LogP contribution in [0.4, 0.5) is 0 Å². The van der Waals surface area contributed by atoms with Crippen LogP contribution >= 0.6 is 11.8 Å². The van der Waals surface area contributed by atoms with E-state index in [-0.39, 0.29) is 12.1 Å². The highest BCUT2D eigenvalue weighted by molar-refractivity contribution is 7.99. The van der Waals surface area contributed by atoms with E-state index >= 15 is 0 Å². The van der Waals surface area contributed by atoms with Gasteiger partial charge in [0.1, 0.15) is 11.9 Å². The summed E-state index contributed by atoms with van der Waals surface area (Å²) < 4.78 is 7.97. The Bertz CT molecular complexity index is 586. The van der Waals surface area contributed by atoms with Crippen LogP contribution in [0.3, 0.4) is 0 Å². The average Bonchev–Trinajstić information content (AvgIpc) is 2.97. The zero-order chi connectivity index (χ0) is 13.9. The van der Waals surface area contributed by atoms with Gasteiger partial charge in [-0.15, -0.1) is 11.8 Å². The summed E-state index contributed by atoms with van der Waals surface area (Å²) in [5.74, 6) is 7.52. The lowest BCUT2D eigenvalue weighted by Gasteiger charge is -2.30. The summed E-state index contributed by atoms with van der Waals surface area (Å²) >= 11 is 1.80. The highest BCUT2D eigenvalue weighted by Crippen LogP contribution is 2.38. The van der Waals surface area contributed by atoms with E-state index < -0.39 is 0 Å². The molecular formula is C14H18N4OS. The molecule has 1 aromatic heterocycles. The molecule has 1 aliphatic heterocycles. The maximum Gasteiger partial charge on any atom is 0.133 e. The van der Waals surface area contributed by atoms with Crippen molar-refractivity contribution < 1.29 is 4.74 Å². The number of aromatic nitrogens is 2. The summed E-state index contributed by atoms with van der Waals surface area (Å²) in [7, 11) is 0. The van der Waals surface area contributed by atoms with Crippen LogP contribution in [-0.2, 0) is 6.54 Å². The van der Waals surface area contributed by atoms with Gasteiger partial charge in [-0.25, -0.2) is 5.43 Å². The molecule has 0 saturated carbocycles. The topological polar surface area (TPSA) is 65.1 Å². The van der Waals surface area contributed by atoms with E-state index in [1.807, 2.05) is 35.3 Å². The molecule has 2 unspecified atom stereocenters. The molecule has 5 nitrogen and oxygen atoms in total. The Hall–Kier alpha value is -1.50. The average molecular weight is 290 g/mol. The molecular weight excluding hydrogens is 272 g/mol. The molecule has 106 valence electrons. The third-order valence-electron chi connectivity index (χ3n) is 3.42. The molecule has 2 atom stereocenters. The van der Waals surface area contributed by atoms with Gasteiger partial charge in [0.2, 0.25) is 0 Å². The van der Waals surface area contributed by atoms with Crippen molar-refractivity contribution in [2.24, 2.45) is 5.84 Å². The molecule has 0 bridgehead atoms. The normalized spacial score (nSPS) is 19.2. The monoisotopic (exact) mass is 290 g/mol. The molecule has 0 fully saturated rings. The molecule has 6 heteroatoms. The van der Waals surface area contributed by atoms with Crippen molar-refractivity contribution in [3.8, 4) is 5.75 Å². The number of hydrogen-bond acceptors (Lipinski definition) is 5. The number of para-hydroxylation sites is 1. The lowest BCUT2D eigenvalue weighted by atomic mass is 10.1. The standard InChI is InChI=1S/C14H18N4OS/c1-2-18-8-10(7-16-18)14(17-15)12-9-20-13-6-4-3-5-11(13)19-12/h3-8,12,14,17H,2,9,15H2,1H3. The fourth-order valence-corrected chi connectivity index (χ4v) is 3.37. The lowest BCUT2D eigenvalue weighted by Crippen LogP contribution is -2.41. The molecule has 0 aliphatic carbocycles. The van der Waals surface area contributed by atoms with Gasteiger partial charge < -0.3 is 4.74 Å². The third kappa shape index (κ3) is 2.54. The summed E-state index contributed by atoms with van der Waals surface area (Å²) in [6.07, 6.45) is 3.86. The Balaban J connectivity index is 1.81. The summed E-state index contributed by atoms with van der Waals surface area (Å²) in [6.45, 7) is 2.91. The molecule has 1 aliphatic rings. The van der Waals surface area contributed by atoms with Gasteiger partial charge in [-0.2, -0.15) is 5.10 Å². The summed E-state index contributed by atoms with van der Waals surface area (Å²) in [5, 5.41) is 4.30. The van der Waals surface area contributed by atoms with Crippen LogP contribution in [0.2, 0.25) is 0 Å². The number of thioether (sulfide) groups is 1. The molecule has 3 rings (SSSR count). The molecule has 1 aromatic carbocycles. The van der Waals surface area contributed by atoms with Crippen molar-refractivity contribution in [1.29, 1.82) is 0 Å². The van der Waals surface area contributed by atoms with Crippen molar-refractivity contribution in [1.82, 2.24) is 15.2 Å². The molecule has 2 aromatic rings. The van der Waals surface area contributed by atoms with Gasteiger partial charge in [0.05, 0.1) is 12.2 Å². The number of rotatable bonds is 4. The number of ether oxygens (including phenoxy) is 1. The van der Waals surface area contributed by atoms with Gasteiger partial charge in [0.15, 0.2) is 0 Å². The van der Waals surface area contributed by atoms with Crippen LogP contribution in [0.25, 0.3) is 0 Å². The molecule has 2 heterocycles. The van der Waals surface area contributed by atoms with Crippen molar-refractivity contribution in [3.05, 3.63) is 42.2 Å². The van der Waals surface area contributed by atoms with Gasteiger partial charge in [-0.3, -0.25) is 10.5 Å². The SMILES string of the molecule is CCn1cc(C(NN)C2CSc3ccccc3O2)cn1. The zero-order valence-electron chi connectivity index (χ0n) is 11.3. The van der Waals surface area contributed by atoms with Gasteiger partial charge in [-0.1, -0.05) is 12.1 Å². The minimum atomic E-state index is -0.0591. The molecule has 0 saturated heterocycles. The van der Waals surface area contributed by atoms with E-state index in [2.05, 4.69) is 23.5 Å². The van der Waals surface area contributed by atoms with Crippen molar-refractivity contribution >= 4 is 11.8 Å². The largest absolute Gasteiger partial charge is 0.486 e. The smallest absolute Gasteiger partial charge is 0.133 e. The van der Waals surface area contributed by atoms with Crippen LogP contribution in [0.15, 0.2) is 41.6 Å². The molecule has 0 spiro atoms. The summed E-state index contributed by atoms with van der Waals surface area (Å²) in [6, 6.07) is 8.03. The molecule has 20 heavy (non-hydrogen) atoms. The van der Waals surface area contributed by atoms with Crippen molar-refractivity contribution in [2.45, 2.75) is 30.5 Å². The lowest BCUT2D eigenvalue weighted by molar-refractivity contribution is 0.167. The van der Waals surface area contributed by atoms with Gasteiger partial charge >= 0.3 is 0 Å². The van der Waals surface area contributed by atoms with Crippen LogP contribution < -0.4 is 16.0 Å². The second-order valence-electron chi connectivity index (χ2n) is 4.69. The molecule has 3 N–H and O–H groups in total. The fraction of sp³-hybridized carbons (Fsp3) is 0.357. The van der Waals surface area contributed by atoms with E-state index in [4.69, 9.17) is 10.6 Å². The van der Waals surface area contributed by atoms with E-state index in [1.165, 1.54) is 4.90 Å². The van der Waals surface area contributed by atoms with Gasteiger partial charge in [0.25, 0.3) is 0 Å². The second kappa shape index (κ2) is 5.87. The zero-order valence-corrected chi connectivity index (χ0v) is 12.1. The molecule has 0 radical (unpaired) electrons. The Kier molecular flexibility index (Phi) is 3.95. The van der Waals surface area contributed by atoms with Crippen LogP contribution in [0.5, 0.6) is 5.75 Å². The number of hydrogen-bond donors (Lipinski definition) is 2. The highest BCUT2D eigenvalue weighted by Gasteiger charge is 2.29. The summed E-state index contributed by atoms with van der Waals surface area (Å²) in [4.78, 5) is 1.18. The fourth-order valence-electron chi connectivity index (χ4n) is 2.33. The predicted molar refractivity (Wildman–Crippen MR) is 79.5 cm³/mol. The number of nitrogens with two attached hydrogens (primary N) is 1. The van der Waals surface area contributed by atoms with Crippen LogP contribution in [0, 0.1) is 0 Å². The van der Waals surface area contributed by atoms with Crippen molar-refractivity contribution in [3.63, 3.8) is 0 Å². The quantitative estimate of drug-likeness (QED) is 0.665. The first kappa shape index (κ1) is 13.5. The Morgan fingerprint density at radius 3 is 3.15 bits per heavy atom. The first-order chi connectivity index (χ1) is 9.81. The second-order valence-corrected chi connectivity index (χ2v) is 5.75. The van der Waals surface area contributed by atoms with Gasteiger partial charge in [0, 0.05) is 29.0 Å². The number of nitrogens with one attached hydrogen (secondary N) is 1. The number of hydrazine groups is 1. The van der Waals surface area contributed by atoms with E-state index in [9.17, 15) is 0 Å². The summed E-state index contributed by atoms with van der Waals surface area (Å²) in [5.41, 5.74) is 3.92. The van der Waals surface area contributed by atoms with E-state index in [1.54, 1.807) is 11.8 Å². The maximum atomic E-state index is 6.08. The van der Waals surface area contributed by atoms with Crippen LogP contribution in [-0.4, -0.2) is 21.6 Å². The Morgan fingerprint density at radius 2 is 2.40 bits per heavy atom. The molecule has 0 amide bonds. The number of nitrogens with zero attached hydrogens (tertiary/aromatic N) is 2. The van der Waals surface area contributed by atoms with Gasteiger partial charge in [-0.05, 0) is 19.1 Å². The highest BCUT2D eigenvalue weighted by atomic mass is 32.2. The number of aryl methyl sites for hydroxylation is 1. The minimum Gasteiger partial charge on any atom is -0.486 e. The Labute approximate surface area is 122 Å². The minimum absolute atomic E-state index is 0.00518. The maximum absolute atomic E-state index is 6.08.